The van der Waals surface area contributed by atoms with E-state index in [2.05, 4.69) is 26.0 Å². The molecule has 0 saturated carbocycles. The summed E-state index contributed by atoms with van der Waals surface area (Å²) in [7, 11) is -4.14. The Bertz CT molecular complexity index is 2290. The van der Waals surface area contributed by atoms with Gasteiger partial charge in [-0.05, 0) is 134 Å². The SMILES string of the molecule is CC[C@H](C)[C@H](NC(=O)[C@H](Cc1ccc(OC(C)(C)C)cc1)NC(=O)[C@@H]1CCCN1C(=O)[C@@H](N)CCCNC(=N)NS(=O)(=O)c1c(C)c(C)c2c(c1C)CC(C)(C)O2)C(=O)N[C@@H](CC(C)C)C(=O)O. The number of carboxylic acid groups (broad SMARTS) is 1. The maximum atomic E-state index is 14.2. The molecule has 4 rings (SSSR count). The molecule has 0 unspecified atom stereocenters. The van der Waals surface area contributed by atoms with Gasteiger partial charge in [0, 0.05) is 31.5 Å². The summed E-state index contributed by atoms with van der Waals surface area (Å²) in [5.41, 5.74) is 8.83. The molecule has 2 heterocycles. The van der Waals surface area contributed by atoms with Crippen LogP contribution < -0.4 is 41.2 Å². The summed E-state index contributed by atoms with van der Waals surface area (Å²) in [4.78, 5) is 69.4. The number of aliphatic carboxylic acids is 1. The molecule has 9 N–H and O–H groups in total. The molecule has 2 aromatic rings. The first-order chi connectivity index (χ1) is 31.5. The first-order valence-corrected chi connectivity index (χ1v) is 25.2. The zero-order valence-electron chi connectivity index (χ0n) is 42.0. The van der Waals surface area contributed by atoms with Crippen molar-refractivity contribution < 1.29 is 47.0 Å². The van der Waals surface area contributed by atoms with Crippen molar-refractivity contribution in [1.82, 2.24) is 30.9 Å². The highest BCUT2D eigenvalue weighted by Crippen LogP contribution is 2.43. The molecular weight excluding hydrogens is 893 g/mol. The molecule has 0 aliphatic carbocycles. The molecule has 2 aliphatic rings. The maximum Gasteiger partial charge on any atom is 0.326 e. The van der Waals surface area contributed by atoms with E-state index >= 15 is 0 Å². The minimum Gasteiger partial charge on any atom is -0.488 e. The number of amides is 4. The Labute approximate surface area is 402 Å². The van der Waals surface area contributed by atoms with E-state index in [0.29, 0.717) is 60.3 Å². The Morgan fingerprint density at radius 2 is 1.62 bits per heavy atom. The Kier molecular flexibility index (Phi) is 18.5. The van der Waals surface area contributed by atoms with E-state index in [1.165, 1.54) is 4.90 Å². The van der Waals surface area contributed by atoms with Crippen LogP contribution >= 0.6 is 0 Å². The first-order valence-electron chi connectivity index (χ1n) is 23.7. The molecule has 0 aromatic heterocycles. The number of carboxylic acids is 1. The Morgan fingerprint density at radius 3 is 2.21 bits per heavy atom. The number of carbonyl (C=O) groups excluding carboxylic acids is 4. The molecule has 0 radical (unpaired) electrons. The minimum atomic E-state index is -4.14. The Balaban J connectivity index is 1.43. The zero-order valence-corrected chi connectivity index (χ0v) is 42.8. The van der Waals surface area contributed by atoms with E-state index in [9.17, 15) is 37.5 Å². The fraction of sp³-hybridized carbons (Fsp3) is 0.633. The highest BCUT2D eigenvalue weighted by molar-refractivity contribution is 7.90. The molecule has 6 atom stereocenters. The van der Waals surface area contributed by atoms with Gasteiger partial charge < -0.3 is 46.5 Å². The normalized spacial score (nSPS) is 17.7. The van der Waals surface area contributed by atoms with Gasteiger partial charge in [-0.3, -0.25) is 24.6 Å². The first kappa shape index (κ1) is 55.2. The summed E-state index contributed by atoms with van der Waals surface area (Å²) >= 11 is 0. The largest absolute Gasteiger partial charge is 0.488 e. The van der Waals surface area contributed by atoms with Crippen LogP contribution in [0.1, 0.15) is 129 Å². The molecule has 378 valence electrons. The number of guanidine groups is 1. The highest BCUT2D eigenvalue weighted by Gasteiger charge is 2.40. The number of ether oxygens (including phenoxy) is 2. The zero-order chi connectivity index (χ0) is 51.1. The summed E-state index contributed by atoms with van der Waals surface area (Å²) in [6.45, 7) is 22.6. The van der Waals surface area contributed by atoms with Crippen LogP contribution in [0.4, 0.5) is 0 Å². The van der Waals surface area contributed by atoms with Crippen LogP contribution in [0.2, 0.25) is 0 Å². The lowest BCUT2D eigenvalue weighted by Gasteiger charge is -2.30. The fourth-order valence-electron chi connectivity index (χ4n) is 8.71. The van der Waals surface area contributed by atoms with Crippen molar-refractivity contribution in [2.24, 2.45) is 17.6 Å². The molecule has 0 spiro atoms. The third-order valence-corrected chi connectivity index (χ3v) is 14.1. The molecule has 68 heavy (non-hydrogen) atoms. The lowest BCUT2D eigenvalue weighted by Crippen LogP contribution is -2.59. The monoisotopic (exact) mass is 969 g/mol. The quantitative estimate of drug-likeness (QED) is 0.0495. The van der Waals surface area contributed by atoms with E-state index in [-0.39, 0.29) is 43.2 Å². The average Bonchev–Trinajstić information content (AvgIpc) is 3.86. The van der Waals surface area contributed by atoms with Crippen LogP contribution in [0.5, 0.6) is 11.5 Å². The van der Waals surface area contributed by atoms with Crippen LogP contribution in [-0.4, -0.2) is 108 Å². The second-order valence-corrected chi connectivity index (χ2v) is 22.0. The van der Waals surface area contributed by atoms with Crippen LogP contribution in [0.3, 0.4) is 0 Å². The number of nitrogens with one attached hydrogen (secondary N) is 6. The fourth-order valence-corrected chi connectivity index (χ4v) is 10.2. The summed E-state index contributed by atoms with van der Waals surface area (Å²) in [5, 5.41) is 29.2. The van der Waals surface area contributed by atoms with Gasteiger partial charge in [0.05, 0.1) is 10.9 Å². The predicted octanol–water partition coefficient (Wildman–Crippen LogP) is 4.28. The van der Waals surface area contributed by atoms with Crippen molar-refractivity contribution in [2.45, 2.75) is 181 Å². The van der Waals surface area contributed by atoms with Crippen molar-refractivity contribution >= 4 is 45.6 Å². The van der Waals surface area contributed by atoms with Gasteiger partial charge in [-0.25, -0.2) is 17.9 Å². The second kappa shape index (κ2) is 22.8. The molecule has 2 aromatic carbocycles. The molecule has 0 bridgehead atoms. The van der Waals surface area contributed by atoms with Crippen molar-refractivity contribution in [1.29, 1.82) is 5.41 Å². The standard InChI is InChI=1S/C49H76N8O10S/c1-13-28(4)39(44(60)54-37(46(62)63)24-27(2)3)55-42(58)36(25-32-18-20-33(21-19-32)66-48(8,9)10)53-43(59)38-17-15-23-57(38)45(61)35(50)16-14-22-52-47(51)56-68(64,65)41-30(6)29(5)40-34(31(41)7)26-49(11,12)67-40/h18-21,27-28,35-39H,13-17,22-26,50H2,1-12H3,(H,53,59)(H,54,60)(H,55,58)(H,62,63)(H3,51,52,56)/t28-,35-,36-,37-,38-,39-/m0/s1. The second-order valence-electron chi connectivity index (χ2n) is 20.4. The van der Waals surface area contributed by atoms with Gasteiger partial charge in [0.25, 0.3) is 10.0 Å². The number of sulfonamides is 1. The van der Waals surface area contributed by atoms with E-state index in [0.717, 1.165) is 11.1 Å². The predicted molar refractivity (Wildman–Crippen MR) is 260 cm³/mol. The van der Waals surface area contributed by atoms with Crippen LogP contribution in [0, 0.1) is 38.0 Å². The van der Waals surface area contributed by atoms with E-state index in [4.69, 9.17) is 20.6 Å². The molecule has 4 amide bonds. The third kappa shape index (κ3) is 14.5. The number of benzene rings is 2. The van der Waals surface area contributed by atoms with E-state index in [1.807, 2.05) is 62.3 Å². The third-order valence-electron chi connectivity index (χ3n) is 12.5. The average molecular weight is 969 g/mol. The van der Waals surface area contributed by atoms with Gasteiger partial charge in [-0.1, -0.05) is 46.2 Å². The van der Waals surface area contributed by atoms with E-state index in [1.54, 1.807) is 45.0 Å². The lowest BCUT2D eigenvalue weighted by atomic mass is 9.94. The Morgan fingerprint density at radius 1 is 0.971 bits per heavy atom. The molecule has 2 aliphatic heterocycles. The van der Waals surface area contributed by atoms with Gasteiger partial charge in [0.2, 0.25) is 29.6 Å². The van der Waals surface area contributed by atoms with Crippen molar-refractivity contribution in [3.8, 4) is 11.5 Å². The molecule has 19 heteroatoms. The van der Waals surface area contributed by atoms with Crippen molar-refractivity contribution in [3.63, 3.8) is 0 Å². The summed E-state index contributed by atoms with van der Waals surface area (Å²) < 4.78 is 41.6. The van der Waals surface area contributed by atoms with Gasteiger partial charge in [-0.15, -0.1) is 0 Å². The lowest BCUT2D eigenvalue weighted by molar-refractivity contribution is -0.143. The number of likely N-dealkylation sites (tertiary alicyclic amines) is 1. The number of hydrogen-bond acceptors (Lipinski definition) is 11. The summed E-state index contributed by atoms with van der Waals surface area (Å²) in [6, 6.07) is 1.63. The van der Waals surface area contributed by atoms with Gasteiger partial charge in [0.15, 0.2) is 0 Å². The molecular formula is C49H76N8O10S. The van der Waals surface area contributed by atoms with Crippen LogP contribution in [-0.2, 0) is 46.8 Å². The van der Waals surface area contributed by atoms with Crippen LogP contribution in [0.25, 0.3) is 0 Å². The van der Waals surface area contributed by atoms with Crippen molar-refractivity contribution in [3.05, 3.63) is 52.1 Å². The smallest absolute Gasteiger partial charge is 0.326 e. The van der Waals surface area contributed by atoms with Crippen molar-refractivity contribution in [2.75, 3.05) is 13.1 Å². The summed E-state index contributed by atoms with van der Waals surface area (Å²) in [6.07, 6.45) is 2.51. The number of nitrogens with zero attached hydrogens (tertiary/aromatic N) is 1. The van der Waals surface area contributed by atoms with Gasteiger partial charge in [0.1, 0.15) is 46.9 Å². The molecule has 1 fully saturated rings. The molecule has 1 saturated heterocycles. The van der Waals surface area contributed by atoms with Crippen LogP contribution in [0.15, 0.2) is 29.2 Å². The number of hydrogen-bond donors (Lipinski definition) is 8. The number of carbonyl (C=O) groups is 5. The minimum absolute atomic E-state index is 0.0190. The topological polar surface area (TPSA) is 271 Å². The molecule has 18 nitrogen and oxygen atoms in total. The number of rotatable bonds is 21. The number of nitrogens with two attached hydrogens (primary N) is 1. The number of fused-ring (bicyclic) bond motifs is 1. The van der Waals surface area contributed by atoms with Gasteiger partial charge in [-0.2, -0.15) is 0 Å². The Hall–Kier alpha value is -5.43. The highest BCUT2D eigenvalue weighted by atomic mass is 32.2. The van der Waals surface area contributed by atoms with E-state index < -0.39 is 92.9 Å². The maximum absolute atomic E-state index is 14.2. The van der Waals surface area contributed by atoms with Gasteiger partial charge >= 0.3 is 5.97 Å². The summed E-state index contributed by atoms with van der Waals surface area (Å²) in [5.74, 6) is -3.11.